The molecule has 0 radical (unpaired) electrons. The van der Waals surface area contributed by atoms with Crippen molar-refractivity contribution in [3.8, 4) is 5.75 Å². The highest BCUT2D eigenvalue weighted by atomic mass is 32.1. The van der Waals surface area contributed by atoms with Crippen LogP contribution in [-0.2, 0) is 17.6 Å². The summed E-state index contributed by atoms with van der Waals surface area (Å²) >= 11 is 1.31. The zero-order valence-corrected chi connectivity index (χ0v) is 17.3. The van der Waals surface area contributed by atoms with Crippen LogP contribution in [0.1, 0.15) is 27.9 Å². The number of methoxy groups -OCH3 is 1. The second-order valence-corrected chi connectivity index (χ2v) is 7.45. The number of aromatic nitrogens is 1. The minimum atomic E-state index is -0.580. The summed E-state index contributed by atoms with van der Waals surface area (Å²) in [5.41, 5.74) is 1.15. The summed E-state index contributed by atoms with van der Waals surface area (Å²) in [6.45, 7) is 0.983. The van der Waals surface area contributed by atoms with Gasteiger partial charge in [-0.05, 0) is 48.7 Å². The molecule has 0 atom stereocenters. The van der Waals surface area contributed by atoms with Crippen molar-refractivity contribution in [2.45, 2.75) is 19.3 Å². The number of halogens is 2. The van der Waals surface area contributed by atoms with Crippen LogP contribution in [0, 0.1) is 11.6 Å². The first-order valence-corrected chi connectivity index (χ1v) is 10.3. The Balaban J connectivity index is 1.78. The first-order valence-electron chi connectivity index (χ1n) is 9.46. The van der Waals surface area contributed by atoms with E-state index in [1.807, 2.05) is 0 Å². The molecular weight excluding hydrogens is 410 g/mol. The van der Waals surface area contributed by atoms with Crippen LogP contribution < -0.4 is 10.1 Å². The average Bonchev–Trinajstić information content (AvgIpc) is 3.24. The number of ether oxygens (including phenoxy) is 2. The second kappa shape index (κ2) is 10.8. The van der Waals surface area contributed by atoms with Crippen LogP contribution in [0.5, 0.6) is 5.75 Å². The maximum atomic E-state index is 13.9. The van der Waals surface area contributed by atoms with Crippen molar-refractivity contribution in [1.29, 1.82) is 0 Å². The van der Waals surface area contributed by atoms with Gasteiger partial charge in [0, 0.05) is 42.8 Å². The van der Waals surface area contributed by atoms with E-state index < -0.39 is 11.6 Å². The highest BCUT2D eigenvalue weighted by Crippen LogP contribution is 2.22. The Bertz CT molecular complexity index is 960. The van der Waals surface area contributed by atoms with Crippen LogP contribution in [0.25, 0.3) is 0 Å². The number of hydrogen-bond donors (Lipinski definition) is 1. The van der Waals surface area contributed by atoms with Crippen molar-refractivity contribution in [3.05, 3.63) is 76.3 Å². The minimum Gasteiger partial charge on any atom is -0.493 e. The monoisotopic (exact) mass is 432 g/mol. The van der Waals surface area contributed by atoms with E-state index in [2.05, 4.69) is 10.3 Å². The Kier molecular flexibility index (Phi) is 7.87. The van der Waals surface area contributed by atoms with Crippen molar-refractivity contribution in [3.63, 3.8) is 0 Å². The van der Waals surface area contributed by atoms with Crippen LogP contribution in [0.3, 0.4) is 0 Å². The van der Waals surface area contributed by atoms with Gasteiger partial charge in [-0.3, -0.25) is 10.1 Å². The molecule has 1 N–H and O–H groups in total. The Morgan fingerprint density at radius 2 is 1.93 bits per heavy atom. The van der Waals surface area contributed by atoms with Crippen LogP contribution in [0.15, 0.2) is 48.0 Å². The fraction of sp³-hybridized carbons (Fsp3) is 0.273. The number of carbonyl (C=O) groups is 1. The number of nitrogens with zero attached hydrogens (tertiary/aromatic N) is 1. The average molecular weight is 432 g/mol. The lowest BCUT2D eigenvalue weighted by Crippen LogP contribution is -2.13. The first kappa shape index (κ1) is 21.9. The molecule has 0 bridgehead atoms. The molecular formula is C22H22F2N2O3S. The predicted molar refractivity (Wildman–Crippen MR) is 112 cm³/mol. The van der Waals surface area contributed by atoms with Gasteiger partial charge >= 0.3 is 0 Å². The Morgan fingerprint density at radius 3 is 2.63 bits per heavy atom. The summed E-state index contributed by atoms with van der Waals surface area (Å²) in [6, 6.07) is 8.93. The van der Waals surface area contributed by atoms with E-state index >= 15 is 0 Å². The summed E-state index contributed by atoms with van der Waals surface area (Å²) in [4.78, 5) is 16.7. The summed E-state index contributed by atoms with van der Waals surface area (Å²) < 4.78 is 38.7. The topological polar surface area (TPSA) is 60.5 Å². The van der Waals surface area contributed by atoms with Crippen molar-refractivity contribution in [1.82, 2.24) is 4.98 Å². The third-order valence-electron chi connectivity index (χ3n) is 4.37. The molecule has 3 aromatic rings. The van der Waals surface area contributed by atoms with Crippen LogP contribution in [-0.4, -0.2) is 31.2 Å². The number of thiazole rings is 1. The third-order valence-corrected chi connectivity index (χ3v) is 5.06. The number of hydrogen-bond acceptors (Lipinski definition) is 5. The molecule has 3 rings (SSSR count). The zero-order valence-electron chi connectivity index (χ0n) is 16.5. The zero-order chi connectivity index (χ0) is 21.3. The summed E-state index contributed by atoms with van der Waals surface area (Å²) in [5.74, 6) is -0.972. The maximum absolute atomic E-state index is 13.9. The van der Waals surface area contributed by atoms with Crippen LogP contribution in [0.2, 0.25) is 0 Å². The van der Waals surface area contributed by atoms with Gasteiger partial charge < -0.3 is 9.47 Å². The first-order chi connectivity index (χ1) is 14.6. The van der Waals surface area contributed by atoms with Crippen molar-refractivity contribution >= 4 is 22.4 Å². The molecule has 0 spiro atoms. The van der Waals surface area contributed by atoms with E-state index in [0.29, 0.717) is 42.5 Å². The van der Waals surface area contributed by atoms with Crippen LogP contribution in [0.4, 0.5) is 13.9 Å². The van der Waals surface area contributed by atoms with Gasteiger partial charge in [0.1, 0.15) is 17.4 Å². The predicted octanol–water partition coefficient (Wildman–Crippen LogP) is 4.87. The second-order valence-electron chi connectivity index (χ2n) is 6.55. The summed E-state index contributed by atoms with van der Waals surface area (Å²) in [5, 5.41) is 4.98. The van der Waals surface area contributed by atoms with Crippen molar-refractivity contribution in [2.75, 3.05) is 25.6 Å². The summed E-state index contributed by atoms with van der Waals surface area (Å²) in [6.07, 6.45) is 2.82. The minimum absolute atomic E-state index is 0.0257. The molecule has 0 aliphatic rings. The van der Waals surface area contributed by atoms with Gasteiger partial charge in [0.05, 0.1) is 6.61 Å². The SMILES string of the molecule is COCCCOc1cc(CCc2c(F)cccc2F)cc(C(=O)Nc2nccs2)c1. The fourth-order valence-electron chi connectivity index (χ4n) is 2.91. The van der Waals surface area contributed by atoms with E-state index in [0.717, 1.165) is 5.56 Å². The fourth-order valence-corrected chi connectivity index (χ4v) is 3.43. The lowest BCUT2D eigenvalue weighted by atomic mass is 10.0. The Labute approximate surface area is 177 Å². The number of benzene rings is 2. The van der Waals surface area contributed by atoms with Gasteiger partial charge in [0.25, 0.3) is 5.91 Å². The largest absolute Gasteiger partial charge is 0.493 e. The molecule has 1 heterocycles. The number of anilines is 1. The lowest BCUT2D eigenvalue weighted by Gasteiger charge is -2.12. The number of nitrogens with one attached hydrogen (secondary N) is 1. The molecule has 30 heavy (non-hydrogen) atoms. The molecule has 8 heteroatoms. The number of rotatable bonds is 10. The number of amides is 1. The molecule has 1 amide bonds. The van der Waals surface area contributed by atoms with Gasteiger partial charge in [-0.1, -0.05) is 6.07 Å². The number of carbonyl (C=O) groups excluding carboxylic acids is 1. The quantitative estimate of drug-likeness (QED) is 0.464. The number of aryl methyl sites for hydroxylation is 1. The smallest absolute Gasteiger partial charge is 0.257 e. The molecule has 0 unspecified atom stereocenters. The van der Waals surface area contributed by atoms with Crippen LogP contribution >= 0.6 is 11.3 Å². The normalized spacial score (nSPS) is 10.8. The van der Waals surface area contributed by atoms with Crippen molar-refractivity contribution in [2.24, 2.45) is 0 Å². The molecule has 0 fully saturated rings. The lowest BCUT2D eigenvalue weighted by molar-refractivity contribution is 0.102. The molecule has 0 saturated carbocycles. The van der Waals surface area contributed by atoms with Gasteiger partial charge in [0.15, 0.2) is 5.13 Å². The third kappa shape index (κ3) is 6.08. The molecule has 2 aromatic carbocycles. The maximum Gasteiger partial charge on any atom is 0.257 e. The molecule has 158 valence electrons. The van der Waals surface area contributed by atoms with E-state index in [1.54, 1.807) is 36.9 Å². The highest BCUT2D eigenvalue weighted by molar-refractivity contribution is 7.13. The Morgan fingerprint density at radius 1 is 1.13 bits per heavy atom. The van der Waals surface area contributed by atoms with Gasteiger partial charge in [0.2, 0.25) is 0 Å². The summed E-state index contributed by atoms with van der Waals surface area (Å²) in [7, 11) is 1.61. The van der Waals surface area contributed by atoms with E-state index in [4.69, 9.17) is 9.47 Å². The molecule has 0 saturated heterocycles. The van der Waals surface area contributed by atoms with Gasteiger partial charge in [-0.2, -0.15) is 0 Å². The van der Waals surface area contributed by atoms with Crippen molar-refractivity contribution < 1.29 is 23.0 Å². The van der Waals surface area contributed by atoms with Gasteiger partial charge in [-0.15, -0.1) is 11.3 Å². The van der Waals surface area contributed by atoms with E-state index in [9.17, 15) is 13.6 Å². The van der Waals surface area contributed by atoms with Gasteiger partial charge in [-0.25, -0.2) is 13.8 Å². The van der Waals surface area contributed by atoms with E-state index in [-0.39, 0.29) is 17.9 Å². The van der Waals surface area contributed by atoms with E-state index in [1.165, 1.54) is 29.5 Å². The molecule has 5 nitrogen and oxygen atoms in total. The molecule has 1 aromatic heterocycles. The highest BCUT2D eigenvalue weighted by Gasteiger charge is 2.13. The standard InChI is InChI=1S/C22H22F2N2O3S/c1-28-9-3-10-29-17-13-15(6-7-18-19(23)4-2-5-20(18)24)12-16(14-17)21(27)26-22-25-8-11-30-22/h2,4-5,8,11-14H,3,6-7,9-10H2,1H3,(H,25,26,27). The molecule has 0 aliphatic carbocycles. The molecule has 0 aliphatic heterocycles. The Hall–Kier alpha value is -2.84.